The van der Waals surface area contributed by atoms with E-state index in [1.807, 2.05) is 61.5 Å². The summed E-state index contributed by atoms with van der Waals surface area (Å²) in [7, 11) is -1.66. The van der Waals surface area contributed by atoms with Crippen LogP contribution in [-0.2, 0) is 20.2 Å². The lowest BCUT2D eigenvalue weighted by Gasteiger charge is -2.41. The molecule has 1 N–H and O–H groups in total. The third-order valence-corrected chi connectivity index (χ3v) is 7.93. The van der Waals surface area contributed by atoms with Crippen molar-refractivity contribution < 1.29 is 17.9 Å². The lowest BCUT2D eigenvalue weighted by Crippen LogP contribution is -2.53. The molecule has 1 heterocycles. The van der Waals surface area contributed by atoms with Gasteiger partial charge in [-0.15, -0.1) is 0 Å². The molecule has 2 aromatic rings. The Bertz CT molecular complexity index is 968. The molecule has 1 aliphatic heterocycles. The summed E-state index contributed by atoms with van der Waals surface area (Å²) in [5.74, 6) is 0.714. The highest BCUT2D eigenvalue weighted by molar-refractivity contribution is 7.89. The van der Waals surface area contributed by atoms with Gasteiger partial charge in [-0.3, -0.25) is 4.79 Å². The number of sulfonamides is 1. The minimum absolute atomic E-state index is 0.0718. The lowest BCUT2D eigenvalue weighted by atomic mass is 9.72. The molecule has 0 aliphatic carbocycles. The van der Waals surface area contributed by atoms with E-state index in [0.29, 0.717) is 25.9 Å². The maximum atomic E-state index is 13.6. The van der Waals surface area contributed by atoms with Crippen molar-refractivity contribution in [3.05, 3.63) is 65.7 Å². The Morgan fingerprint density at radius 3 is 2.30 bits per heavy atom. The largest absolute Gasteiger partial charge is 0.496 e. The molecule has 3 rings (SSSR count). The van der Waals surface area contributed by atoms with E-state index in [2.05, 4.69) is 5.32 Å². The van der Waals surface area contributed by atoms with E-state index >= 15 is 0 Å². The Kier molecular flexibility index (Phi) is 6.83. The number of rotatable bonds is 7. The van der Waals surface area contributed by atoms with Crippen molar-refractivity contribution in [2.45, 2.75) is 38.1 Å². The molecule has 0 radical (unpaired) electrons. The molecular formula is C23H30N2O4S. The first kappa shape index (κ1) is 22.3. The Morgan fingerprint density at radius 1 is 1.10 bits per heavy atom. The summed E-state index contributed by atoms with van der Waals surface area (Å²) >= 11 is 0. The van der Waals surface area contributed by atoms with Gasteiger partial charge in [-0.05, 0) is 38.3 Å². The summed E-state index contributed by atoms with van der Waals surface area (Å²) in [5.41, 5.74) is 1.06. The van der Waals surface area contributed by atoms with Crippen LogP contribution < -0.4 is 10.1 Å². The van der Waals surface area contributed by atoms with E-state index in [1.54, 1.807) is 14.0 Å². The van der Waals surface area contributed by atoms with Crippen LogP contribution in [0.1, 0.15) is 43.9 Å². The molecule has 1 amide bonds. The van der Waals surface area contributed by atoms with Crippen LogP contribution >= 0.6 is 0 Å². The van der Waals surface area contributed by atoms with Crippen molar-refractivity contribution in [2.75, 3.05) is 26.0 Å². The molecule has 6 nitrogen and oxygen atoms in total. The first-order chi connectivity index (χ1) is 14.3. The fourth-order valence-corrected chi connectivity index (χ4v) is 5.27. The Balaban J connectivity index is 1.88. The fraction of sp³-hybridized carbons (Fsp3) is 0.435. The van der Waals surface area contributed by atoms with Crippen LogP contribution in [-0.4, -0.2) is 44.6 Å². The van der Waals surface area contributed by atoms with Crippen LogP contribution in [0.3, 0.4) is 0 Å². The molecule has 30 heavy (non-hydrogen) atoms. The van der Waals surface area contributed by atoms with E-state index in [9.17, 15) is 13.2 Å². The summed E-state index contributed by atoms with van der Waals surface area (Å²) in [6.07, 6.45) is 0.890. The zero-order valence-corrected chi connectivity index (χ0v) is 18.6. The minimum Gasteiger partial charge on any atom is -0.496 e. The first-order valence-electron chi connectivity index (χ1n) is 10.3. The van der Waals surface area contributed by atoms with Gasteiger partial charge in [-0.2, -0.15) is 0 Å². The van der Waals surface area contributed by atoms with Crippen molar-refractivity contribution in [3.63, 3.8) is 0 Å². The lowest BCUT2D eigenvalue weighted by molar-refractivity contribution is -0.129. The number of hydrogen-bond donors (Lipinski definition) is 1. The summed E-state index contributed by atoms with van der Waals surface area (Å²) in [5, 5.41) is 3.16. The van der Waals surface area contributed by atoms with Crippen LogP contribution in [0.25, 0.3) is 0 Å². The fourth-order valence-electron chi connectivity index (χ4n) is 4.17. The topological polar surface area (TPSA) is 75.7 Å². The zero-order valence-electron chi connectivity index (χ0n) is 17.8. The second-order valence-electron chi connectivity index (χ2n) is 7.68. The average molecular weight is 431 g/mol. The summed E-state index contributed by atoms with van der Waals surface area (Å²) in [4.78, 5) is 13.6. The SMILES string of the molecule is CCS(=O)(=O)N1CCC(C(=O)NC(C)c2ccccc2OC)(c2ccccc2)CC1. The normalized spacial score (nSPS) is 17.8. The Hall–Kier alpha value is -2.38. The van der Waals surface area contributed by atoms with Gasteiger partial charge in [0.15, 0.2) is 0 Å². The number of ether oxygens (including phenoxy) is 1. The van der Waals surface area contributed by atoms with Crippen LogP contribution in [0.4, 0.5) is 0 Å². The molecule has 1 aliphatic rings. The average Bonchev–Trinajstić information content (AvgIpc) is 2.79. The van der Waals surface area contributed by atoms with Gasteiger partial charge in [0.05, 0.1) is 24.3 Å². The molecule has 162 valence electrons. The second-order valence-corrected chi connectivity index (χ2v) is 9.94. The van der Waals surface area contributed by atoms with E-state index in [1.165, 1.54) is 4.31 Å². The highest BCUT2D eigenvalue weighted by Gasteiger charge is 2.45. The van der Waals surface area contributed by atoms with Gasteiger partial charge in [0.2, 0.25) is 15.9 Å². The summed E-state index contributed by atoms with van der Waals surface area (Å²) in [6.45, 7) is 4.25. The van der Waals surface area contributed by atoms with Crippen molar-refractivity contribution in [1.82, 2.24) is 9.62 Å². The van der Waals surface area contributed by atoms with Gasteiger partial charge >= 0.3 is 0 Å². The molecule has 0 spiro atoms. The number of carbonyl (C=O) groups excluding carboxylic acids is 1. The van der Waals surface area contributed by atoms with E-state index < -0.39 is 15.4 Å². The molecule has 1 unspecified atom stereocenters. The highest BCUT2D eigenvalue weighted by atomic mass is 32.2. The van der Waals surface area contributed by atoms with Crippen molar-refractivity contribution >= 4 is 15.9 Å². The molecule has 0 saturated carbocycles. The van der Waals surface area contributed by atoms with Crippen molar-refractivity contribution in [1.29, 1.82) is 0 Å². The van der Waals surface area contributed by atoms with Gasteiger partial charge in [-0.1, -0.05) is 48.5 Å². The monoisotopic (exact) mass is 430 g/mol. The van der Waals surface area contributed by atoms with E-state index in [-0.39, 0.29) is 17.7 Å². The number of amides is 1. The summed E-state index contributed by atoms with van der Waals surface area (Å²) < 4.78 is 31.6. The van der Waals surface area contributed by atoms with E-state index in [0.717, 1.165) is 16.9 Å². The number of carbonyl (C=O) groups is 1. The van der Waals surface area contributed by atoms with Gasteiger partial charge in [-0.25, -0.2) is 12.7 Å². The van der Waals surface area contributed by atoms with Gasteiger partial charge < -0.3 is 10.1 Å². The minimum atomic E-state index is -3.27. The number of hydrogen-bond acceptors (Lipinski definition) is 4. The molecule has 1 fully saturated rings. The molecule has 1 saturated heterocycles. The molecule has 7 heteroatoms. The first-order valence-corrected chi connectivity index (χ1v) is 11.9. The number of nitrogens with zero attached hydrogens (tertiary/aromatic N) is 1. The second kappa shape index (κ2) is 9.18. The Morgan fingerprint density at radius 2 is 1.70 bits per heavy atom. The molecule has 2 aromatic carbocycles. The highest BCUT2D eigenvalue weighted by Crippen LogP contribution is 2.37. The molecule has 1 atom stereocenters. The quantitative estimate of drug-likeness (QED) is 0.732. The maximum absolute atomic E-state index is 13.6. The smallest absolute Gasteiger partial charge is 0.231 e. The van der Waals surface area contributed by atoms with Crippen molar-refractivity contribution in [3.8, 4) is 5.75 Å². The number of benzene rings is 2. The number of methoxy groups -OCH3 is 1. The Labute approximate surface area is 179 Å². The third-order valence-electron chi connectivity index (χ3n) is 6.05. The zero-order chi connectivity index (χ0) is 21.8. The third kappa shape index (κ3) is 4.37. The standard InChI is InChI=1S/C23H30N2O4S/c1-4-30(27,28)25-16-14-23(15-17-25,19-10-6-5-7-11-19)22(26)24-18(2)20-12-8-9-13-21(20)29-3/h5-13,18H,4,14-17H2,1-3H3,(H,24,26). The molecular weight excluding hydrogens is 400 g/mol. The van der Waals surface area contributed by atoms with Gasteiger partial charge in [0.25, 0.3) is 0 Å². The number of piperidine rings is 1. The van der Waals surface area contributed by atoms with Crippen LogP contribution in [0.15, 0.2) is 54.6 Å². The molecule has 0 bridgehead atoms. The van der Waals surface area contributed by atoms with Crippen molar-refractivity contribution in [2.24, 2.45) is 0 Å². The predicted molar refractivity (Wildman–Crippen MR) is 118 cm³/mol. The number of nitrogens with one attached hydrogen (secondary N) is 1. The van der Waals surface area contributed by atoms with Crippen LogP contribution in [0.2, 0.25) is 0 Å². The predicted octanol–water partition coefficient (Wildman–Crippen LogP) is 3.26. The van der Waals surface area contributed by atoms with Crippen LogP contribution in [0, 0.1) is 0 Å². The number of para-hydroxylation sites is 1. The van der Waals surface area contributed by atoms with E-state index in [4.69, 9.17) is 4.74 Å². The summed E-state index contributed by atoms with van der Waals surface area (Å²) in [6, 6.07) is 17.1. The van der Waals surface area contributed by atoms with Gasteiger partial charge in [0, 0.05) is 18.7 Å². The van der Waals surface area contributed by atoms with Crippen LogP contribution in [0.5, 0.6) is 5.75 Å². The molecule has 0 aromatic heterocycles. The maximum Gasteiger partial charge on any atom is 0.231 e. The van der Waals surface area contributed by atoms with Gasteiger partial charge in [0.1, 0.15) is 5.75 Å².